The highest BCUT2D eigenvalue weighted by molar-refractivity contribution is 5.95. The molecule has 0 bridgehead atoms. The highest BCUT2D eigenvalue weighted by Crippen LogP contribution is 2.14. The molecule has 0 radical (unpaired) electrons. The van der Waals surface area contributed by atoms with Crippen molar-refractivity contribution in [3.63, 3.8) is 0 Å². The highest BCUT2D eigenvalue weighted by atomic mass is 14.4. The molecule has 0 aromatic carbocycles. The van der Waals surface area contributed by atoms with Crippen LogP contribution in [0.25, 0.3) is 0 Å². The van der Waals surface area contributed by atoms with Crippen LogP contribution in [0, 0.1) is 5.41 Å². The number of hydrogen-bond acceptors (Lipinski definition) is 1. The second-order valence-corrected chi connectivity index (χ2v) is 2.50. The summed E-state index contributed by atoms with van der Waals surface area (Å²) in [5.41, 5.74) is 3.35. The van der Waals surface area contributed by atoms with Crippen LogP contribution in [0.2, 0.25) is 0 Å². The van der Waals surface area contributed by atoms with Crippen LogP contribution in [0.1, 0.15) is 20.3 Å². The fourth-order valence-corrected chi connectivity index (χ4v) is 0.852. The maximum Gasteiger partial charge on any atom is 0.0354 e. The Morgan fingerprint density at radius 3 is 2.44 bits per heavy atom. The minimum Gasteiger partial charge on any atom is -0.305 e. The first kappa shape index (κ1) is 6.27. The molecule has 1 N–H and O–H groups in total. The lowest BCUT2D eigenvalue weighted by Crippen LogP contribution is -1.98. The van der Waals surface area contributed by atoms with Gasteiger partial charge in [0.25, 0.3) is 0 Å². The van der Waals surface area contributed by atoms with E-state index in [0.717, 1.165) is 12.1 Å². The molecule has 0 aliphatic heterocycles. The van der Waals surface area contributed by atoms with Crippen molar-refractivity contribution in [3.8, 4) is 0 Å². The van der Waals surface area contributed by atoms with Crippen LogP contribution in [0.5, 0.6) is 0 Å². The highest BCUT2D eigenvalue weighted by Gasteiger charge is 2.01. The molecule has 0 fully saturated rings. The van der Waals surface area contributed by atoms with Crippen molar-refractivity contribution in [2.75, 3.05) is 0 Å². The van der Waals surface area contributed by atoms with Crippen molar-refractivity contribution < 1.29 is 0 Å². The average molecular weight is 121 g/mol. The smallest absolute Gasteiger partial charge is 0.0354 e. The van der Waals surface area contributed by atoms with Gasteiger partial charge in [0.1, 0.15) is 0 Å². The summed E-state index contributed by atoms with van der Waals surface area (Å²) in [7, 11) is 0. The average Bonchev–Trinajstić information content (AvgIpc) is 1.80. The summed E-state index contributed by atoms with van der Waals surface area (Å²) in [5.74, 6) is 0. The zero-order valence-corrected chi connectivity index (χ0v) is 5.86. The molecule has 1 nitrogen and oxygen atoms in total. The van der Waals surface area contributed by atoms with Gasteiger partial charge in [0.15, 0.2) is 0 Å². The quantitative estimate of drug-likeness (QED) is 0.508. The second kappa shape index (κ2) is 2.18. The first-order valence-corrected chi connectivity index (χ1v) is 3.12. The Balaban J connectivity index is 2.87. The van der Waals surface area contributed by atoms with Crippen LogP contribution < -0.4 is 0 Å². The van der Waals surface area contributed by atoms with Gasteiger partial charge in [-0.2, -0.15) is 0 Å². The molecule has 1 heteroatoms. The first-order valence-electron chi connectivity index (χ1n) is 3.12. The predicted octanol–water partition coefficient (Wildman–Crippen LogP) is 2.30. The molecule has 0 unspecified atom stereocenters. The number of hydrogen-bond donors (Lipinski definition) is 1. The number of rotatable bonds is 0. The molecule has 1 rings (SSSR count). The monoisotopic (exact) mass is 121 g/mol. The van der Waals surface area contributed by atoms with Crippen LogP contribution in [0.3, 0.4) is 0 Å². The zero-order valence-electron chi connectivity index (χ0n) is 5.86. The van der Waals surface area contributed by atoms with Crippen LogP contribution in [0.15, 0.2) is 23.3 Å². The van der Waals surface area contributed by atoms with Crippen molar-refractivity contribution in [3.05, 3.63) is 23.3 Å². The molecule has 0 aromatic heterocycles. The van der Waals surface area contributed by atoms with Crippen molar-refractivity contribution in [1.82, 2.24) is 0 Å². The van der Waals surface area contributed by atoms with Gasteiger partial charge in [0.2, 0.25) is 0 Å². The minimum absolute atomic E-state index is 0.720. The fourth-order valence-electron chi connectivity index (χ4n) is 0.852. The normalized spacial score (nSPS) is 19.1. The molecule has 9 heavy (non-hydrogen) atoms. The van der Waals surface area contributed by atoms with Gasteiger partial charge in [-0.3, -0.25) is 0 Å². The molecule has 0 heterocycles. The molecular weight excluding hydrogens is 110 g/mol. The molecule has 1 aliphatic rings. The molecule has 0 saturated heterocycles. The summed E-state index contributed by atoms with van der Waals surface area (Å²) in [6.45, 7) is 4.16. The van der Waals surface area contributed by atoms with Crippen molar-refractivity contribution in [2.24, 2.45) is 0 Å². The molecule has 0 spiro atoms. The van der Waals surface area contributed by atoms with Gasteiger partial charge in [-0.25, -0.2) is 0 Å². The second-order valence-electron chi connectivity index (χ2n) is 2.50. The van der Waals surface area contributed by atoms with E-state index in [1.807, 2.05) is 12.2 Å². The standard InChI is InChI=1S/C8H11N/c1-6-3-4-8(9)5-7(6)2/h3-4,9H,5H2,1-2H3. The summed E-state index contributed by atoms with van der Waals surface area (Å²) in [4.78, 5) is 0. The lowest BCUT2D eigenvalue weighted by Gasteiger charge is -2.07. The van der Waals surface area contributed by atoms with E-state index in [0.29, 0.717) is 0 Å². The van der Waals surface area contributed by atoms with Crippen LogP contribution in [-0.4, -0.2) is 5.71 Å². The third-order valence-corrected chi connectivity index (χ3v) is 1.66. The first-order chi connectivity index (χ1) is 4.20. The van der Waals surface area contributed by atoms with Crippen LogP contribution in [0.4, 0.5) is 0 Å². The fraction of sp³-hybridized carbons (Fsp3) is 0.375. The van der Waals surface area contributed by atoms with E-state index in [1.54, 1.807) is 0 Å². The molecule has 0 atom stereocenters. The van der Waals surface area contributed by atoms with Gasteiger partial charge in [0.05, 0.1) is 0 Å². The maximum atomic E-state index is 7.29. The third-order valence-electron chi connectivity index (χ3n) is 1.66. The topological polar surface area (TPSA) is 23.9 Å². The van der Waals surface area contributed by atoms with E-state index in [2.05, 4.69) is 13.8 Å². The van der Waals surface area contributed by atoms with Crippen molar-refractivity contribution >= 4 is 5.71 Å². The third kappa shape index (κ3) is 1.28. The van der Waals surface area contributed by atoms with Gasteiger partial charge in [-0.05, 0) is 19.9 Å². The molecule has 1 aliphatic carbocycles. The van der Waals surface area contributed by atoms with Crippen molar-refractivity contribution in [2.45, 2.75) is 20.3 Å². The summed E-state index contributed by atoms with van der Waals surface area (Å²) in [5, 5.41) is 7.29. The van der Waals surface area contributed by atoms with E-state index in [4.69, 9.17) is 5.41 Å². The van der Waals surface area contributed by atoms with Crippen molar-refractivity contribution in [1.29, 1.82) is 5.41 Å². The minimum atomic E-state index is 0.720. The molecule has 0 aromatic rings. The largest absolute Gasteiger partial charge is 0.305 e. The lowest BCUT2D eigenvalue weighted by atomic mass is 9.99. The van der Waals surface area contributed by atoms with Gasteiger partial charge in [-0.1, -0.05) is 17.2 Å². The van der Waals surface area contributed by atoms with Gasteiger partial charge >= 0.3 is 0 Å². The van der Waals surface area contributed by atoms with E-state index in [1.165, 1.54) is 11.1 Å². The Morgan fingerprint density at radius 2 is 2.00 bits per heavy atom. The SMILES string of the molecule is CC1=C(C)CC(=N)C=C1. The van der Waals surface area contributed by atoms with Crippen LogP contribution in [-0.2, 0) is 0 Å². The Morgan fingerprint density at radius 1 is 1.33 bits per heavy atom. The van der Waals surface area contributed by atoms with E-state index >= 15 is 0 Å². The zero-order chi connectivity index (χ0) is 6.85. The molecule has 0 amide bonds. The van der Waals surface area contributed by atoms with E-state index in [-0.39, 0.29) is 0 Å². The summed E-state index contributed by atoms with van der Waals surface area (Å²) >= 11 is 0. The summed E-state index contributed by atoms with van der Waals surface area (Å²) in [6, 6.07) is 0. The van der Waals surface area contributed by atoms with Crippen LogP contribution >= 0.6 is 0 Å². The van der Waals surface area contributed by atoms with Gasteiger partial charge in [0, 0.05) is 12.1 Å². The Hall–Kier alpha value is -0.850. The lowest BCUT2D eigenvalue weighted by molar-refractivity contribution is 1.17. The Bertz CT molecular complexity index is 197. The summed E-state index contributed by atoms with van der Waals surface area (Å²) < 4.78 is 0. The molecule has 0 saturated carbocycles. The van der Waals surface area contributed by atoms with Gasteiger partial charge < -0.3 is 5.41 Å². The number of nitrogens with one attached hydrogen (secondary N) is 1. The number of allylic oxidation sites excluding steroid dienone is 4. The predicted molar refractivity (Wildman–Crippen MR) is 39.9 cm³/mol. The Labute approximate surface area is 55.6 Å². The Kier molecular flexibility index (Phi) is 1.52. The molecular formula is C8H11N. The summed E-state index contributed by atoms with van der Waals surface area (Å²) in [6.07, 6.45) is 4.70. The molecule has 48 valence electrons. The van der Waals surface area contributed by atoms with E-state index in [9.17, 15) is 0 Å². The van der Waals surface area contributed by atoms with Gasteiger partial charge in [-0.15, -0.1) is 0 Å². The van der Waals surface area contributed by atoms with E-state index < -0.39 is 0 Å². The maximum absolute atomic E-state index is 7.29.